The predicted octanol–water partition coefficient (Wildman–Crippen LogP) is 2.06. The molecule has 0 spiro atoms. The smallest absolute Gasteiger partial charge is 0.122 e. The van der Waals surface area contributed by atoms with E-state index in [2.05, 4.69) is 28.3 Å². The fourth-order valence-corrected chi connectivity index (χ4v) is 1.93. The number of nitrogen functional groups attached to an aromatic ring is 1. The molecule has 0 atom stereocenters. The molecule has 3 rings (SSSR count). The fourth-order valence-electron chi connectivity index (χ4n) is 1.93. The molecule has 0 saturated heterocycles. The summed E-state index contributed by atoms with van der Waals surface area (Å²) < 4.78 is 1.77. The maximum atomic E-state index is 5.81. The Morgan fingerprint density at radius 1 is 1.06 bits per heavy atom. The van der Waals surface area contributed by atoms with Gasteiger partial charge in [-0.05, 0) is 17.7 Å². The second kappa shape index (κ2) is 3.90. The number of aromatic nitrogens is 3. The molecule has 84 valence electrons. The zero-order valence-corrected chi connectivity index (χ0v) is 9.24. The van der Waals surface area contributed by atoms with Crippen molar-refractivity contribution >= 4 is 16.7 Å². The van der Waals surface area contributed by atoms with E-state index in [0.717, 1.165) is 16.5 Å². The van der Waals surface area contributed by atoms with Crippen LogP contribution in [0.15, 0.2) is 48.8 Å². The highest BCUT2D eigenvalue weighted by atomic mass is 15.3. The van der Waals surface area contributed by atoms with Crippen molar-refractivity contribution in [1.29, 1.82) is 0 Å². The topological polar surface area (TPSA) is 56.7 Å². The molecule has 2 heterocycles. The van der Waals surface area contributed by atoms with Gasteiger partial charge < -0.3 is 5.73 Å². The van der Waals surface area contributed by atoms with Crippen molar-refractivity contribution in [3.8, 4) is 0 Å². The Bertz CT molecular complexity index is 652. The molecular formula is C13H12N4. The number of rotatable bonds is 2. The SMILES string of the molecule is Nc1ccnn1Cc1cccc2cccnc12. The zero-order valence-electron chi connectivity index (χ0n) is 9.24. The van der Waals surface area contributed by atoms with Crippen molar-refractivity contribution in [1.82, 2.24) is 14.8 Å². The van der Waals surface area contributed by atoms with Crippen molar-refractivity contribution < 1.29 is 0 Å². The van der Waals surface area contributed by atoms with E-state index in [0.29, 0.717) is 12.4 Å². The van der Waals surface area contributed by atoms with Gasteiger partial charge in [0.1, 0.15) is 5.82 Å². The summed E-state index contributed by atoms with van der Waals surface area (Å²) in [6.07, 6.45) is 3.51. The number of anilines is 1. The Morgan fingerprint density at radius 3 is 2.76 bits per heavy atom. The van der Waals surface area contributed by atoms with E-state index >= 15 is 0 Å². The first-order valence-electron chi connectivity index (χ1n) is 5.44. The standard InChI is InChI=1S/C13H12N4/c14-12-6-8-16-17(12)9-11-4-1-3-10-5-2-7-15-13(10)11/h1-8H,9,14H2. The van der Waals surface area contributed by atoms with Gasteiger partial charge >= 0.3 is 0 Å². The average Bonchev–Trinajstić information content (AvgIpc) is 2.76. The molecule has 17 heavy (non-hydrogen) atoms. The van der Waals surface area contributed by atoms with Crippen LogP contribution in [0.5, 0.6) is 0 Å². The number of hydrogen-bond donors (Lipinski definition) is 1. The molecule has 0 aliphatic carbocycles. The number of nitrogens with two attached hydrogens (primary N) is 1. The molecule has 0 unspecified atom stereocenters. The fraction of sp³-hybridized carbons (Fsp3) is 0.0769. The van der Waals surface area contributed by atoms with Crippen LogP contribution in [-0.4, -0.2) is 14.8 Å². The van der Waals surface area contributed by atoms with Gasteiger partial charge in [0.15, 0.2) is 0 Å². The summed E-state index contributed by atoms with van der Waals surface area (Å²) >= 11 is 0. The van der Waals surface area contributed by atoms with E-state index in [-0.39, 0.29) is 0 Å². The number of nitrogens with zero attached hydrogens (tertiary/aromatic N) is 3. The molecule has 3 aromatic rings. The van der Waals surface area contributed by atoms with Crippen molar-refractivity contribution in [3.05, 3.63) is 54.4 Å². The van der Waals surface area contributed by atoms with Crippen LogP contribution in [0.25, 0.3) is 10.9 Å². The van der Waals surface area contributed by atoms with Crippen LogP contribution in [0.2, 0.25) is 0 Å². The van der Waals surface area contributed by atoms with Gasteiger partial charge in [0.05, 0.1) is 18.3 Å². The molecule has 2 aromatic heterocycles. The molecule has 0 saturated carbocycles. The number of para-hydroxylation sites is 1. The number of benzene rings is 1. The van der Waals surface area contributed by atoms with Gasteiger partial charge in [0.25, 0.3) is 0 Å². The lowest BCUT2D eigenvalue weighted by Gasteiger charge is -2.07. The minimum absolute atomic E-state index is 0.646. The van der Waals surface area contributed by atoms with Gasteiger partial charge in [-0.15, -0.1) is 0 Å². The van der Waals surface area contributed by atoms with Gasteiger partial charge in [0.2, 0.25) is 0 Å². The lowest BCUT2D eigenvalue weighted by molar-refractivity contribution is 0.699. The molecule has 4 heteroatoms. The third-order valence-electron chi connectivity index (χ3n) is 2.79. The summed E-state index contributed by atoms with van der Waals surface area (Å²) in [6, 6.07) is 11.9. The van der Waals surface area contributed by atoms with Crippen LogP contribution < -0.4 is 5.73 Å². The summed E-state index contributed by atoms with van der Waals surface area (Å²) in [5, 5.41) is 5.32. The number of hydrogen-bond acceptors (Lipinski definition) is 3. The van der Waals surface area contributed by atoms with Gasteiger partial charge in [-0.25, -0.2) is 4.68 Å². The van der Waals surface area contributed by atoms with E-state index in [1.54, 1.807) is 23.1 Å². The quantitative estimate of drug-likeness (QED) is 0.724. The van der Waals surface area contributed by atoms with Gasteiger partial charge in [-0.3, -0.25) is 4.98 Å². The van der Waals surface area contributed by atoms with Crippen LogP contribution in [0.4, 0.5) is 5.82 Å². The van der Waals surface area contributed by atoms with Crippen molar-refractivity contribution in [2.45, 2.75) is 6.54 Å². The predicted molar refractivity (Wildman–Crippen MR) is 67.5 cm³/mol. The lowest BCUT2D eigenvalue weighted by Crippen LogP contribution is -2.06. The minimum atomic E-state index is 0.646. The molecule has 0 aliphatic rings. The Hall–Kier alpha value is -2.36. The highest BCUT2D eigenvalue weighted by Gasteiger charge is 2.04. The Morgan fingerprint density at radius 2 is 1.94 bits per heavy atom. The highest BCUT2D eigenvalue weighted by molar-refractivity contribution is 5.81. The molecule has 2 N–H and O–H groups in total. The molecule has 0 amide bonds. The number of pyridine rings is 1. The second-order valence-corrected chi connectivity index (χ2v) is 3.91. The average molecular weight is 224 g/mol. The monoisotopic (exact) mass is 224 g/mol. The van der Waals surface area contributed by atoms with Crippen LogP contribution >= 0.6 is 0 Å². The minimum Gasteiger partial charge on any atom is -0.384 e. The molecule has 0 fully saturated rings. The van der Waals surface area contributed by atoms with E-state index in [1.807, 2.05) is 12.1 Å². The Balaban J connectivity index is 2.09. The maximum absolute atomic E-state index is 5.81. The maximum Gasteiger partial charge on any atom is 0.122 e. The summed E-state index contributed by atoms with van der Waals surface area (Å²) in [7, 11) is 0. The summed E-state index contributed by atoms with van der Waals surface area (Å²) in [5.41, 5.74) is 7.94. The summed E-state index contributed by atoms with van der Waals surface area (Å²) in [6.45, 7) is 0.646. The summed E-state index contributed by atoms with van der Waals surface area (Å²) in [5.74, 6) is 0.665. The first kappa shape index (κ1) is 9.84. The molecule has 4 nitrogen and oxygen atoms in total. The first-order valence-corrected chi connectivity index (χ1v) is 5.44. The van der Waals surface area contributed by atoms with Crippen LogP contribution in [0.1, 0.15) is 5.56 Å². The third-order valence-corrected chi connectivity index (χ3v) is 2.79. The van der Waals surface area contributed by atoms with Crippen molar-refractivity contribution in [2.75, 3.05) is 5.73 Å². The van der Waals surface area contributed by atoms with E-state index in [4.69, 9.17) is 5.73 Å². The van der Waals surface area contributed by atoms with Crippen LogP contribution in [-0.2, 0) is 6.54 Å². The number of fused-ring (bicyclic) bond motifs is 1. The molecule has 0 bridgehead atoms. The second-order valence-electron chi connectivity index (χ2n) is 3.91. The largest absolute Gasteiger partial charge is 0.384 e. The van der Waals surface area contributed by atoms with E-state index < -0.39 is 0 Å². The molecular weight excluding hydrogens is 212 g/mol. The first-order chi connectivity index (χ1) is 8.34. The van der Waals surface area contributed by atoms with Crippen molar-refractivity contribution in [3.63, 3.8) is 0 Å². The van der Waals surface area contributed by atoms with E-state index in [9.17, 15) is 0 Å². The van der Waals surface area contributed by atoms with Gasteiger partial charge in [-0.2, -0.15) is 5.10 Å². The molecule has 1 aromatic carbocycles. The van der Waals surface area contributed by atoms with Gasteiger partial charge in [0, 0.05) is 11.6 Å². The van der Waals surface area contributed by atoms with E-state index in [1.165, 1.54) is 0 Å². The van der Waals surface area contributed by atoms with Crippen LogP contribution in [0.3, 0.4) is 0 Å². The molecule has 0 aliphatic heterocycles. The Labute approximate surface area is 98.7 Å². The Kier molecular flexibility index (Phi) is 2.26. The zero-order chi connectivity index (χ0) is 11.7. The molecule has 0 radical (unpaired) electrons. The third kappa shape index (κ3) is 1.73. The lowest BCUT2D eigenvalue weighted by atomic mass is 10.1. The van der Waals surface area contributed by atoms with Crippen LogP contribution in [0, 0.1) is 0 Å². The van der Waals surface area contributed by atoms with Gasteiger partial charge in [-0.1, -0.05) is 24.3 Å². The van der Waals surface area contributed by atoms with Crippen molar-refractivity contribution in [2.24, 2.45) is 0 Å². The highest BCUT2D eigenvalue weighted by Crippen LogP contribution is 2.17. The summed E-state index contributed by atoms with van der Waals surface area (Å²) in [4.78, 5) is 4.41. The normalized spacial score (nSPS) is 10.8.